The molecule has 0 spiro atoms. The van der Waals surface area contributed by atoms with Crippen LogP contribution in [0.5, 0.6) is 0 Å². The molecule has 6 nitrogen and oxygen atoms in total. The molecule has 0 atom stereocenters. The molecule has 0 unspecified atom stereocenters. The van der Waals surface area contributed by atoms with Crippen molar-refractivity contribution in [3.05, 3.63) is 47.3 Å². The lowest BCUT2D eigenvalue weighted by atomic mass is 10.1. The first-order valence-corrected chi connectivity index (χ1v) is 7.58. The zero-order valence-electron chi connectivity index (χ0n) is 10.7. The molecule has 0 aliphatic rings. The number of nitrogens with zero attached hydrogens (tertiary/aromatic N) is 1. The number of nitrogens with one attached hydrogen (secondary N) is 1. The first-order valence-electron chi connectivity index (χ1n) is 5.69. The van der Waals surface area contributed by atoms with E-state index in [9.17, 15) is 8.42 Å². The molecular formula is C12H13N3O3S2. The van der Waals surface area contributed by atoms with E-state index in [-0.39, 0.29) is 16.4 Å². The van der Waals surface area contributed by atoms with Gasteiger partial charge in [0.2, 0.25) is 10.0 Å². The third-order valence-corrected chi connectivity index (χ3v) is 4.48. The highest BCUT2D eigenvalue weighted by Gasteiger charge is 2.17. The van der Waals surface area contributed by atoms with E-state index >= 15 is 0 Å². The van der Waals surface area contributed by atoms with Gasteiger partial charge in [-0.3, -0.25) is 0 Å². The van der Waals surface area contributed by atoms with Gasteiger partial charge in [0, 0.05) is 11.6 Å². The normalized spacial score (nSPS) is 11.4. The molecule has 106 valence electrons. The Morgan fingerprint density at radius 3 is 2.75 bits per heavy atom. The average molecular weight is 311 g/mol. The van der Waals surface area contributed by atoms with Crippen molar-refractivity contribution in [2.75, 3.05) is 0 Å². The maximum absolute atomic E-state index is 12.2. The van der Waals surface area contributed by atoms with E-state index in [2.05, 4.69) is 14.4 Å². The van der Waals surface area contributed by atoms with Gasteiger partial charge in [0.25, 0.3) is 0 Å². The van der Waals surface area contributed by atoms with Crippen LogP contribution in [0.1, 0.15) is 16.8 Å². The summed E-state index contributed by atoms with van der Waals surface area (Å²) in [7, 11) is -3.63. The van der Waals surface area contributed by atoms with Crippen LogP contribution in [0.3, 0.4) is 0 Å². The Morgan fingerprint density at radius 2 is 2.20 bits per heavy atom. The first-order chi connectivity index (χ1) is 9.40. The topological polar surface area (TPSA) is 98.2 Å². The highest BCUT2D eigenvalue weighted by molar-refractivity contribution is 7.89. The summed E-state index contributed by atoms with van der Waals surface area (Å²) < 4.78 is 31.5. The molecule has 1 heterocycles. The third kappa shape index (κ3) is 3.21. The fraction of sp³-hybridized carbons (Fsp3) is 0.167. The molecule has 1 aromatic carbocycles. The van der Waals surface area contributed by atoms with E-state index < -0.39 is 10.0 Å². The highest BCUT2D eigenvalue weighted by Crippen LogP contribution is 2.17. The summed E-state index contributed by atoms with van der Waals surface area (Å²) in [5.74, 6) is 0. The molecule has 0 aliphatic carbocycles. The fourth-order valence-corrected chi connectivity index (χ4v) is 3.03. The summed E-state index contributed by atoms with van der Waals surface area (Å²) in [5.41, 5.74) is 7.22. The van der Waals surface area contributed by atoms with Crippen molar-refractivity contribution in [1.82, 2.24) is 9.88 Å². The van der Waals surface area contributed by atoms with Gasteiger partial charge in [-0.2, -0.15) is 0 Å². The molecule has 0 radical (unpaired) electrons. The molecule has 20 heavy (non-hydrogen) atoms. The van der Waals surface area contributed by atoms with Crippen molar-refractivity contribution in [2.45, 2.75) is 18.4 Å². The van der Waals surface area contributed by atoms with Crippen LogP contribution >= 0.6 is 12.2 Å². The van der Waals surface area contributed by atoms with Gasteiger partial charge >= 0.3 is 0 Å². The van der Waals surface area contributed by atoms with E-state index in [1.807, 2.05) is 0 Å². The first kappa shape index (κ1) is 14.6. The summed E-state index contributed by atoms with van der Waals surface area (Å²) in [6, 6.07) is 6.30. The standard InChI is InChI=1S/C12H13N3O3S2/c1-8-6-9(12(13)19)2-3-11(8)20(16,17)14-7-10-4-5-18-15-10/h2-6,14H,7H2,1H3,(H2,13,19). The summed E-state index contributed by atoms with van der Waals surface area (Å²) >= 11 is 4.86. The number of nitrogens with two attached hydrogens (primary N) is 1. The molecule has 0 aliphatic heterocycles. The Hall–Kier alpha value is -1.77. The zero-order valence-corrected chi connectivity index (χ0v) is 12.3. The lowest BCUT2D eigenvalue weighted by Crippen LogP contribution is -2.24. The van der Waals surface area contributed by atoms with Crippen molar-refractivity contribution >= 4 is 27.2 Å². The number of hydrogen-bond acceptors (Lipinski definition) is 5. The lowest BCUT2D eigenvalue weighted by molar-refractivity contribution is 0.411. The second-order valence-corrected chi connectivity index (χ2v) is 6.34. The summed E-state index contributed by atoms with van der Waals surface area (Å²) in [4.78, 5) is 0.411. The molecule has 1 aromatic heterocycles. The van der Waals surface area contributed by atoms with E-state index in [0.29, 0.717) is 16.8 Å². The number of thiocarbonyl (C=S) groups is 1. The molecule has 0 amide bonds. The van der Waals surface area contributed by atoms with Crippen LogP contribution in [-0.4, -0.2) is 18.6 Å². The number of sulfonamides is 1. The van der Waals surface area contributed by atoms with Crippen LogP contribution in [-0.2, 0) is 16.6 Å². The Morgan fingerprint density at radius 1 is 1.45 bits per heavy atom. The summed E-state index contributed by atoms with van der Waals surface area (Å²) in [6.45, 7) is 1.75. The molecule has 0 saturated carbocycles. The third-order valence-electron chi connectivity index (χ3n) is 2.68. The van der Waals surface area contributed by atoms with Crippen LogP contribution in [0.4, 0.5) is 0 Å². The molecule has 8 heteroatoms. The van der Waals surface area contributed by atoms with E-state index in [0.717, 1.165) is 0 Å². The number of rotatable bonds is 5. The van der Waals surface area contributed by atoms with Crippen molar-refractivity contribution in [3.63, 3.8) is 0 Å². The number of aryl methyl sites for hydroxylation is 1. The minimum atomic E-state index is -3.63. The number of aromatic nitrogens is 1. The lowest BCUT2D eigenvalue weighted by Gasteiger charge is -2.09. The van der Waals surface area contributed by atoms with Gasteiger partial charge in [-0.25, -0.2) is 13.1 Å². The van der Waals surface area contributed by atoms with Crippen LogP contribution in [0.25, 0.3) is 0 Å². The van der Waals surface area contributed by atoms with Gasteiger partial charge in [0.1, 0.15) is 11.3 Å². The second kappa shape index (κ2) is 5.70. The largest absolute Gasteiger partial charge is 0.389 e. The number of benzene rings is 1. The smallest absolute Gasteiger partial charge is 0.241 e. The van der Waals surface area contributed by atoms with Gasteiger partial charge in [0.05, 0.1) is 17.1 Å². The predicted octanol–water partition coefficient (Wildman–Crippen LogP) is 1.10. The van der Waals surface area contributed by atoms with E-state index in [1.165, 1.54) is 12.3 Å². The molecular weight excluding hydrogens is 298 g/mol. The predicted molar refractivity (Wildman–Crippen MR) is 77.6 cm³/mol. The van der Waals surface area contributed by atoms with Crippen molar-refractivity contribution < 1.29 is 12.9 Å². The van der Waals surface area contributed by atoms with Crippen LogP contribution < -0.4 is 10.5 Å². The quantitative estimate of drug-likeness (QED) is 0.802. The molecule has 0 fully saturated rings. The maximum Gasteiger partial charge on any atom is 0.241 e. The molecule has 2 aromatic rings. The number of hydrogen-bond donors (Lipinski definition) is 2. The highest BCUT2D eigenvalue weighted by atomic mass is 32.2. The van der Waals surface area contributed by atoms with Gasteiger partial charge < -0.3 is 10.3 Å². The minimum Gasteiger partial charge on any atom is -0.389 e. The van der Waals surface area contributed by atoms with Gasteiger partial charge in [-0.1, -0.05) is 23.4 Å². The molecule has 0 saturated heterocycles. The van der Waals surface area contributed by atoms with Gasteiger partial charge in [-0.05, 0) is 24.6 Å². The van der Waals surface area contributed by atoms with Crippen LogP contribution in [0.15, 0.2) is 39.9 Å². The summed E-state index contributed by atoms with van der Waals surface area (Å²) in [5, 5.41) is 3.64. The van der Waals surface area contributed by atoms with Gasteiger partial charge in [0.15, 0.2) is 0 Å². The van der Waals surface area contributed by atoms with Gasteiger partial charge in [-0.15, -0.1) is 0 Å². The van der Waals surface area contributed by atoms with Crippen molar-refractivity contribution in [3.8, 4) is 0 Å². The van der Waals surface area contributed by atoms with E-state index in [4.69, 9.17) is 18.0 Å². The zero-order chi connectivity index (χ0) is 14.8. The Kier molecular flexibility index (Phi) is 4.17. The maximum atomic E-state index is 12.2. The van der Waals surface area contributed by atoms with Crippen molar-refractivity contribution in [1.29, 1.82) is 0 Å². The SMILES string of the molecule is Cc1cc(C(N)=S)ccc1S(=O)(=O)NCc1ccon1. The van der Waals surface area contributed by atoms with E-state index in [1.54, 1.807) is 25.1 Å². The molecule has 0 bridgehead atoms. The minimum absolute atomic E-state index is 0.0648. The second-order valence-electron chi connectivity index (χ2n) is 4.16. The fourth-order valence-electron chi connectivity index (χ4n) is 1.68. The average Bonchev–Trinajstić information content (AvgIpc) is 2.89. The monoisotopic (exact) mass is 311 g/mol. The Labute approximate surface area is 122 Å². The van der Waals surface area contributed by atoms with Crippen LogP contribution in [0.2, 0.25) is 0 Å². The Balaban J connectivity index is 2.23. The molecule has 2 rings (SSSR count). The Bertz CT molecular complexity index is 724. The molecule has 3 N–H and O–H groups in total. The summed E-state index contributed by atoms with van der Waals surface area (Å²) in [6.07, 6.45) is 1.38. The van der Waals surface area contributed by atoms with Crippen LogP contribution in [0, 0.1) is 6.92 Å². The van der Waals surface area contributed by atoms with Crippen molar-refractivity contribution in [2.24, 2.45) is 5.73 Å².